The fourth-order valence-electron chi connectivity index (χ4n) is 2.23. The summed E-state index contributed by atoms with van der Waals surface area (Å²) in [6.45, 7) is 3.54. The molecule has 0 fully saturated rings. The Morgan fingerprint density at radius 2 is 1.79 bits per heavy atom. The summed E-state index contributed by atoms with van der Waals surface area (Å²) in [4.78, 5) is 24.5. The van der Waals surface area contributed by atoms with Crippen molar-refractivity contribution in [3.8, 4) is 11.5 Å². The zero-order valence-corrected chi connectivity index (χ0v) is 13.9. The average molecular weight is 328 g/mol. The lowest BCUT2D eigenvalue weighted by atomic mass is 10.0. The molecule has 2 rings (SSSR count). The number of methoxy groups -OCH3 is 1. The van der Waals surface area contributed by atoms with E-state index in [0.29, 0.717) is 11.3 Å². The number of phenolic OH excluding ortho intramolecular Hbond substituents is 1. The summed E-state index contributed by atoms with van der Waals surface area (Å²) < 4.78 is 10.1. The van der Waals surface area contributed by atoms with Crippen LogP contribution in [0.3, 0.4) is 0 Å². The lowest BCUT2D eigenvalue weighted by Crippen LogP contribution is -2.24. The topological polar surface area (TPSA) is 72.8 Å². The molecule has 0 aromatic heterocycles. The Bertz CT molecular complexity index is 734. The van der Waals surface area contributed by atoms with Gasteiger partial charge in [0.05, 0.1) is 7.11 Å². The highest BCUT2D eigenvalue weighted by Crippen LogP contribution is 2.24. The monoisotopic (exact) mass is 328 g/mol. The molecule has 0 radical (unpaired) electrons. The summed E-state index contributed by atoms with van der Waals surface area (Å²) in [7, 11) is 1.46. The van der Waals surface area contributed by atoms with Crippen LogP contribution in [0.2, 0.25) is 0 Å². The highest BCUT2D eigenvalue weighted by molar-refractivity contribution is 6.01. The normalized spacial score (nSPS) is 11.6. The number of carbonyl (C=O) groups is 2. The van der Waals surface area contributed by atoms with Gasteiger partial charge in [0.2, 0.25) is 5.78 Å². The Hall–Kier alpha value is -2.82. The molecule has 0 bridgehead atoms. The Morgan fingerprint density at radius 3 is 2.33 bits per heavy atom. The smallest absolute Gasteiger partial charge is 0.342 e. The molecule has 1 N–H and O–H groups in total. The number of hydrogen-bond donors (Lipinski definition) is 1. The molecule has 0 saturated heterocycles. The molecule has 0 spiro atoms. The van der Waals surface area contributed by atoms with E-state index < -0.39 is 12.1 Å². The summed E-state index contributed by atoms with van der Waals surface area (Å²) >= 11 is 0. The molecule has 0 unspecified atom stereocenters. The van der Waals surface area contributed by atoms with Crippen LogP contribution in [0.5, 0.6) is 11.5 Å². The van der Waals surface area contributed by atoms with Crippen molar-refractivity contribution < 1.29 is 24.2 Å². The zero-order valence-electron chi connectivity index (χ0n) is 13.9. The van der Waals surface area contributed by atoms with Gasteiger partial charge in [0, 0.05) is 11.6 Å². The minimum atomic E-state index is -0.952. The molecule has 0 amide bonds. The second-order valence-electron chi connectivity index (χ2n) is 5.35. The third-order valence-electron chi connectivity index (χ3n) is 3.72. The molecule has 0 aliphatic carbocycles. The molecule has 1 atom stereocenters. The van der Waals surface area contributed by atoms with Crippen molar-refractivity contribution in [3.63, 3.8) is 0 Å². The minimum absolute atomic E-state index is 0.0169. The first-order chi connectivity index (χ1) is 11.5. The van der Waals surface area contributed by atoms with E-state index in [0.717, 1.165) is 12.0 Å². The molecule has 2 aromatic carbocycles. The number of rotatable bonds is 6. The fraction of sp³-hybridized carbons (Fsp3) is 0.263. The van der Waals surface area contributed by atoms with Crippen LogP contribution in [0, 0.1) is 0 Å². The number of hydrogen-bond acceptors (Lipinski definition) is 5. The van der Waals surface area contributed by atoms with Crippen molar-refractivity contribution in [2.24, 2.45) is 0 Å². The maximum Gasteiger partial charge on any atom is 0.342 e. The summed E-state index contributed by atoms with van der Waals surface area (Å²) in [5.41, 5.74) is 1.59. The summed E-state index contributed by atoms with van der Waals surface area (Å²) in [5.74, 6) is -0.893. The van der Waals surface area contributed by atoms with Crippen LogP contribution in [-0.4, -0.2) is 30.1 Å². The number of ketones is 1. The van der Waals surface area contributed by atoms with Crippen LogP contribution in [0.25, 0.3) is 0 Å². The second kappa shape index (κ2) is 7.64. The van der Waals surface area contributed by atoms with E-state index in [4.69, 9.17) is 9.47 Å². The maximum absolute atomic E-state index is 12.3. The van der Waals surface area contributed by atoms with E-state index in [1.165, 1.54) is 32.2 Å². The average Bonchev–Trinajstić information content (AvgIpc) is 2.60. The molecule has 5 heteroatoms. The van der Waals surface area contributed by atoms with Gasteiger partial charge < -0.3 is 14.6 Å². The number of aromatic hydroxyl groups is 1. The molecule has 0 aliphatic heterocycles. The van der Waals surface area contributed by atoms with Gasteiger partial charge in [0.15, 0.2) is 6.10 Å². The van der Waals surface area contributed by atoms with Gasteiger partial charge in [-0.1, -0.05) is 31.2 Å². The summed E-state index contributed by atoms with van der Waals surface area (Å²) in [6, 6.07) is 11.4. The van der Waals surface area contributed by atoms with Crippen LogP contribution in [0.1, 0.15) is 40.1 Å². The lowest BCUT2D eigenvalue weighted by molar-refractivity contribution is 0.0316. The zero-order chi connectivity index (χ0) is 17.7. The largest absolute Gasteiger partial charge is 0.507 e. The SMILES string of the molecule is CCc1ccc(C(=O)[C@H](C)OC(=O)c2ccc(OC)cc2O)cc1. The number of ether oxygens (including phenoxy) is 2. The predicted molar refractivity (Wildman–Crippen MR) is 89.7 cm³/mol. The van der Waals surface area contributed by atoms with Crippen molar-refractivity contribution in [1.29, 1.82) is 0 Å². The highest BCUT2D eigenvalue weighted by Gasteiger charge is 2.22. The van der Waals surface area contributed by atoms with Crippen LogP contribution in [0.15, 0.2) is 42.5 Å². The van der Waals surface area contributed by atoms with Gasteiger partial charge >= 0.3 is 5.97 Å². The fourth-order valence-corrected chi connectivity index (χ4v) is 2.23. The second-order valence-corrected chi connectivity index (χ2v) is 5.35. The molecule has 2 aromatic rings. The van der Waals surface area contributed by atoms with Crippen molar-refractivity contribution in [2.75, 3.05) is 7.11 Å². The van der Waals surface area contributed by atoms with E-state index in [1.54, 1.807) is 12.1 Å². The lowest BCUT2D eigenvalue weighted by Gasteiger charge is -2.13. The quantitative estimate of drug-likeness (QED) is 0.650. The summed E-state index contributed by atoms with van der Waals surface area (Å²) in [6.07, 6.45) is -0.0677. The van der Waals surface area contributed by atoms with Gasteiger partial charge in [0.1, 0.15) is 17.1 Å². The molecule has 5 nitrogen and oxygen atoms in total. The van der Waals surface area contributed by atoms with Crippen LogP contribution in [0.4, 0.5) is 0 Å². The first kappa shape index (κ1) is 17.5. The predicted octanol–water partition coefficient (Wildman–Crippen LogP) is 3.39. The Labute approximate surface area is 140 Å². The van der Waals surface area contributed by atoms with Gasteiger partial charge in [-0.3, -0.25) is 4.79 Å². The van der Waals surface area contributed by atoms with E-state index >= 15 is 0 Å². The number of esters is 1. The van der Waals surface area contributed by atoms with E-state index in [9.17, 15) is 14.7 Å². The highest BCUT2D eigenvalue weighted by atomic mass is 16.5. The molecule has 0 aliphatic rings. The van der Waals surface area contributed by atoms with E-state index in [1.807, 2.05) is 19.1 Å². The maximum atomic E-state index is 12.3. The van der Waals surface area contributed by atoms with Crippen LogP contribution < -0.4 is 4.74 Å². The van der Waals surface area contributed by atoms with E-state index in [2.05, 4.69) is 0 Å². The minimum Gasteiger partial charge on any atom is -0.507 e. The standard InChI is InChI=1S/C19H20O5/c1-4-13-5-7-14(8-6-13)18(21)12(2)24-19(22)16-10-9-15(23-3)11-17(16)20/h5-12,20H,4H2,1-3H3/t12-/m0/s1. The Balaban J connectivity index is 2.08. The molecule has 0 saturated carbocycles. The third-order valence-corrected chi connectivity index (χ3v) is 3.72. The van der Waals surface area contributed by atoms with Crippen molar-refractivity contribution in [2.45, 2.75) is 26.4 Å². The molecule has 126 valence electrons. The van der Waals surface area contributed by atoms with Gasteiger partial charge in [-0.15, -0.1) is 0 Å². The van der Waals surface area contributed by atoms with Gasteiger partial charge in [-0.2, -0.15) is 0 Å². The van der Waals surface area contributed by atoms with Crippen molar-refractivity contribution in [1.82, 2.24) is 0 Å². The number of Topliss-reactive ketones (excluding diaryl/α,β-unsaturated/α-hetero) is 1. The number of carbonyl (C=O) groups excluding carboxylic acids is 2. The van der Waals surface area contributed by atoms with Gasteiger partial charge in [0.25, 0.3) is 0 Å². The van der Waals surface area contributed by atoms with Gasteiger partial charge in [-0.05, 0) is 31.0 Å². The van der Waals surface area contributed by atoms with Crippen LogP contribution >= 0.6 is 0 Å². The number of phenols is 1. The van der Waals surface area contributed by atoms with Crippen molar-refractivity contribution in [3.05, 3.63) is 59.2 Å². The Morgan fingerprint density at radius 1 is 1.12 bits per heavy atom. The molecular formula is C19H20O5. The summed E-state index contributed by atoms with van der Waals surface area (Å²) in [5, 5.41) is 9.85. The van der Waals surface area contributed by atoms with Crippen molar-refractivity contribution >= 4 is 11.8 Å². The molecular weight excluding hydrogens is 308 g/mol. The Kier molecular flexibility index (Phi) is 5.58. The molecule has 0 heterocycles. The number of aryl methyl sites for hydroxylation is 1. The molecule has 24 heavy (non-hydrogen) atoms. The number of benzene rings is 2. The third kappa shape index (κ3) is 3.93. The van der Waals surface area contributed by atoms with Crippen LogP contribution in [-0.2, 0) is 11.2 Å². The van der Waals surface area contributed by atoms with E-state index in [-0.39, 0.29) is 17.1 Å². The van der Waals surface area contributed by atoms with Gasteiger partial charge in [-0.25, -0.2) is 4.79 Å². The first-order valence-electron chi connectivity index (χ1n) is 7.67. The first-order valence-corrected chi connectivity index (χ1v) is 7.67.